The average Bonchev–Trinajstić information content (AvgIpc) is 2.00. The van der Waals surface area contributed by atoms with Crippen molar-refractivity contribution in [3.63, 3.8) is 0 Å². The third-order valence-electron chi connectivity index (χ3n) is 0.957. The molecule has 5 nitrogen and oxygen atoms in total. The minimum Gasteiger partial charge on any atom is -1.00 e. The van der Waals surface area contributed by atoms with Crippen LogP contribution in [0.15, 0.2) is 12.7 Å². The molecule has 0 aliphatic rings. The molecule has 3 N–H and O–H groups in total. The third-order valence-corrected chi connectivity index (χ3v) is 1.76. The smallest absolute Gasteiger partial charge is 1.00 e. The van der Waals surface area contributed by atoms with Crippen molar-refractivity contribution >= 4 is 16.0 Å². The average molecular weight is 249 g/mol. The van der Waals surface area contributed by atoms with E-state index in [0.717, 1.165) is 12.5 Å². The van der Waals surface area contributed by atoms with Crippen molar-refractivity contribution in [2.24, 2.45) is 5.73 Å². The van der Waals surface area contributed by atoms with Crippen LogP contribution in [-0.4, -0.2) is 24.6 Å². The minimum atomic E-state index is -3.69. The van der Waals surface area contributed by atoms with Gasteiger partial charge in [-0.25, -0.2) is 0 Å². The summed E-state index contributed by atoms with van der Waals surface area (Å²) in [5, 5.41) is 0. The Morgan fingerprint density at radius 3 is 2.07 bits per heavy atom. The Bertz CT molecular complexity index is 256. The first-order valence-corrected chi connectivity index (χ1v) is 5.31. The van der Waals surface area contributed by atoms with Crippen molar-refractivity contribution in [3.8, 4) is 0 Å². The van der Waals surface area contributed by atoms with Gasteiger partial charge in [0.05, 0.1) is 5.75 Å². The van der Waals surface area contributed by atoms with E-state index in [2.05, 4.69) is 12.3 Å². The third kappa shape index (κ3) is 29.3. The first-order valence-electron chi connectivity index (χ1n) is 3.70. The molecule has 7 heteroatoms. The van der Waals surface area contributed by atoms with Gasteiger partial charge in [0.15, 0.2) is 0 Å². The van der Waals surface area contributed by atoms with Crippen LogP contribution < -0.4 is 57.1 Å². The van der Waals surface area contributed by atoms with E-state index in [9.17, 15) is 13.2 Å². The number of nitrogens with two attached hydrogens (primary N) is 1. The summed E-state index contributed by atoms with van der Waals surface area (Å²) >= 11 is 0. The summed E-state index contributed by atoms with van der Waals surface area (Å²) in [7, 11) is -3.69. The van der Waals surface area contributed by atoms with Gasteiger partial charge < -0.3 is 7.16 Å². The molecule has 0 radical (unpaired) electrons. The second kappa shape index (κ2) is 11.8. The number of unbranched alkanes of at least 4 members (excludes halogenated alkanes) is 1. The first-order chi connectivity index (χ1) is 5.83. The maximum atomic E-state index is 9.95. The molecule has 80 valence electrons. The van der Waals surface area contributed by atoms with Crippen molar-refractivity contribution in [3.05, 3.63) is 12.7 Å². The van der Waals surface area contributed by atoms with Crippen LogP contribution in [-0.2, 0) is 14.9 Å². The van der Waals surface area contributed by atoms with E-state index in [1.54, 1.807) is 0 Å². The fraction of sp³-hybridized carbons (Fsp3) is 0.571. The fourth-order valence-corrected chi connectivity index (χ4v) is 0.980. The summed E-state index contributed by atoms with van der Waals surface area (Å²) in [4.78, 5) is 9.47. The van der Waals surface area contributed by atoms with Crippen LogP contribution in [0, 0.1) is 0 Å². The van der Waals surface area contributed by atoms with E-state index >= 15 is 0 Å². The van der Waals surface area contributed by atoms with Crippen molar-refractivity contribution in [1.82, 2.24) is 0 Å². The maximum absolute atomic E-state index is 9.95. The standard InChI is InChI=1S/C4H10O3S.C3H5NO.K.H/c1-2-3-4-8(5,6)7;1-2-3(4)5;;/h2-4H2,1H3,(H,5,6,7);2H,1H2,(H2,4,5);;/q;;+1;-1. The summed E-state index contributed by atoms with van der Waals surface area (Å²) < 4.78 is 28.0. The summed E-state index contributed by atoms with van der Waals surface area (Å²) in [6.45, 7) is 4.95. The molecule has 0 aromatic heterocycles. The Labute approximate surface area is 129 Å². The summed E-state index contributed by atoms with van der Waals surface area (Å²) in [6, 6.07) is 0. The number of primary amides is 1. The number of hydrogen-bond donors (Lipinski definition) is 2. The van der Waals surface area contributed by atoms with Crippen molar-refractivity contribution in [2.45, 2.75) is 19.8 Å². The number of hydrogen-bond acceptors (Lipinski definition) is 3. The Morgan fingerprint density at radius 2 is 2.00 bits per heavy atom. The normalized spacial score (nSPS) is 9.00. The van der Waals surface area contributed by atoms with E-state index in [1.807, 2.05) is 6.92 Å². The van der Waals surface area contributed by atoms with Crippen LogP contribution in [0.25, 0.3) is 0 Å². The quantitative estimate of drug-likeness (QED) is 0.325. The molecular formula is C7H16KNO4S. The Morgan fingerprint density at radius 1 is 1.64 bits per heavy atom. The van der Waals surface area contributed by atoms with E-state index < -0.39 is 16.0 Å². The number of rotatable bonds is 4. The SMILES string of the molecule is C=CC(N)=O.CCCCS(=O)(=O)O.[H-].[K+]. The Hall–Kier alpha value is 0.756. The monoisotopic (exact) mass is 249 g/mol. The zero-order valence-corrected chi connectivity index (χ0v) is 12.5. The van der Waals surface area contributed by atoms with Gasteiger partial charge in [0.1, 0.15) is 0 Å². The van der Waals surface area contributed by atoms with Gasteiger partial charge in [0.25, 0.3) is 10.1 Å². The van der Waals surface area contributed by atoms with Gasteiger partial charge in [-0.2, -0.15) is 8.42 Å². The molecule has 0 saturated heterocycles. The second-order valence-corrected chi connectivity index (χ2v) is 3.82. The number of carbonyl (C=O) groups is 1. The number of amides is 1. The van der Waals surface area contributed by atoms with Gasteiger partial charge in [-0.3, -0.25) is 9.35 Å². The molecule has 0 saturated carbocycles. The largest absolute Gasteiger partial charge is 1.00 e. The molecule has 0 aliphatic heterocycles. The van der Waals surface area contributed by atoms with E-state index in [-0.39, 0.29) is 58.6 Å². The Kier molecular flexibility index (Phi) is 17.1. The van der Waals surface area contributed by atoms with Crippen LogP contribution in [0.1, 0.15) is 21.2 Å². The molecule has 0 spiro atoms. The second-order valence-electron chi connectivity index (χ2n) is 2.25. The number of carbonyl (C=O) groups excluding carboxylic acids is 1. The van der Waals surface area contributed by atoms with Gasteiger partial charge in [0, 0.05) is 0 Å². The topological polar surface area (TPSA) is 97.5 Å². The van der Waals surface area contributed by atoms with Crippen LogP contribution >= 0.6 is 0 Å². The predicted octanol–water partition coefficient (Wildman–Crippen LogP) is -2.55. The van der Waals surface area contributed by atoms with Crippen molar-refractivity contribution in [1.29, 1.82) is 0 Å². The van der Waals surface area contributed by atoms with Crippen molar-refractivity contribution < 1.29 is 70.6 Å². The zero-order valence-electron chi connectivity index (χ0n) is 9.56. The van der Waals surface area contributed by atoms with Crippen LogP contribution in [0.2, 0.25) is 0 Å². The van der Waals surface area contributed by atoms with Crippen LogP contribution in [0.5, 0.6) is 0 Å². The molecule has 1 amide bonds. The molecule has 0 rings (SSSR count). The van der Waals surface area contributed by atoms with E-state index in [0.29, 0.717) is 6.42 Å². The molecule has 14 heavy (non-hydrogen) atoms. The van der Waals surface area contributed by atoms with Crippen molar-refractivity contribution in [2.75, 3.05) is 5.75 Å². The molecule has 0 aromatic carbocycles. The molecule has 0 aliphatic carbocycles. The van der Waals surface area contributed by atoms with Crippen LogP contribution in [0.4, 0.5) is 0 Å². The minimum absolute atomic E-state index is 0. The van der Waals surface area contributed by atoms with Gasteiger partial charge in [0.2, 0.25) is 5.91 Å². The van der Waals surface area contributed by atoms with E-state index in [4.69, 9.17) is 4.55 Å². The fourth-order valence-electron chi connectivity index (χ4n) is 0.327. The molecule has 0 aromatic rings. The summed E-state index contributed by atoms with van der Waals surface area (Å²) in [6.07, 6.45) is 2.39. The van der Waals surface area contributed by atoms with Gasteiger partial charge in [-0.05, 0) is 12.5 Å². The van der Waals surface area contributed by atoms with Crippen LogP contribution in [0.3, 0.4) is 0 Å². The summed E-state index contributed by atoms with van der Waals surface area (Å²) in [5.74, 6) is -0.589. The predicted molar refractivity (Wildman–Crippen MR) is 51.8 cm³/mol. The molecule has 0 atom stereocenters. The molecule has 0 heterocycles. The molecule has 0 fully saturated rings. The molecular weight excluding hydrogens is 233 g/mol. The first kappa shape index (κ1) is 20.2. The zero-order chi connectivity index (χ0) is 10.9. The molecule has 0 unspecified atom stereocenters. The van der Waals surface area contributed by atoms with Gasteiger partial charge >= 0.3 is 51.4 Å². The van der Waals surface area contributed by atoms with E-state index in [1.165, 1.54) is 0 Å². The van der Waals surface area contributed by atoms with Gasteiger partial charge in [-0.15, -0.1) is 0 Å². The molecule has 0 bridgehead atoms. The summed E-state index contributed by atoms with van der Waals surface area (Å²) in [5.41, 5.74) is 4.53. The van der Waals surface area contributed by atoms with Gasteiger partial charge in [-0.1, -0.05) is 19.9 Å². The Balaban J connectivity index is -0.0000000770. The maximum Gasteiger partial charge on any atom is 1.00 e.